The van der Waals surface area contributed by atoms with E-state index in [0.717, 1.165) is 16.5 Å². The van der Waals surface area contributed by atoms with E-state index in [1.165, 1.54) is 11.3 Å². The topological polar surface area (TPSA) is 58.2 Å². The molecule has 2 aromatic rings. The van der Waals surface area contributed by atoms with Crippen LogP contribution in [0.5, 0.6) is 0 Å². The van der Waals surface area contributed by atoms with Crippen LogP contribution < -0.4 is 10.6 Å². The zero-order valence-corrected chi connectivity index (χ0v) is 12.6. The molecule has 1 aromatic heterocycles. The lowest BCUT2D eigenvalue weighted by molar-refractivity contribution is -0.120. The van der Waals surface area contributed by atoms with Crippen LogP contribution in [0.4, 0.5) is 0 Å². The van der Waals surface area contributed by atoms with Crippen LogP contribution in [0.3, 0.4) is 0 Å². The molecule has 0 aliphatic heterocycles. The average molecular weight is 311 g/mol. The molecule has 0 aliphatic rings. The highest BCUT2D eigenvalue weighted by Gasteiger charge is 2.17. The van der Waals surface area contributed by atoms with Crippen molar-refractivity contribution >= 4 is 44.8 Å². The summed E-state index contributed by atoms with van der Waals surface area (Å²) >= 11 is 7.53. The van der Waals surface area contributed by atoms with E-state index in [9.17, 15) is 9.59 Å². The van der Waals surface area contributed by atoms with E-state index in [0.29, 0.717) is 16.4 Å². The molecular formula is C14H15ClN2O2S. The molecule has 0 radical (unpaired) electrons. The maximum absolute atomic E-state index is 12.0. The van der Waals surface area contributed by atoms with Crippen molar-refractivity contribution in [3.05, 3.63) is 34.2 Å². The Kier molecular flexibility index (Phi) is 4.98. The van der Waals surface area contributed by atoms with E-state index >= 15 is 0 Å². The van der Waals surface area contributed by atoms with E-state index in [4.69, 9.17) is 11.6 Å². The van der Waals surface area contributed by atoms with E-state index < -0.39 is 0 Å². The second kappa shape index (κ2) is 6.72. The predicted octanol–water partition coefficient (Wildman–Crippen LogP) is 2.81. The van der Waals surface area contributed by atoms with Crippen molar-refractivity contribution < 1.29 is 9.59 Å². The first-order chi connectivity index (χ1) is 9.63. The van der Waals surface area contributed by atoms with E-state index in [-0.39, 0.29) is 18.4 Å². The number of carbonyl (C=O) groups excluding carboxylic acids is 2. The van der Waals surface area contributed by atoms with Gasteiger partial charge in [0.1, 0.15) is 4.88 Å². The van der Waals surface area contributed by atoms with Crippen LogP contribution in [0, 0.1) is 0 Å². The van der Waals surface area contributed by atoms with Crippen molar-refractivity contribution in [2.75, 3.05) is 13.1 Å². The van der Waals surface area contributed by atoms with Crippen molar-refractivity contribution in [1.29, 1.82) is 0 Å². The van der Waals surface area contributed by atoms with Gasteiger partial charge in [-0.3, -0.25) is 9.59 Å². The molecule has 2 rings (SSSR count). The summed E-state index contributed by atoms with van der Waals surface area (Å²) < 4.78 is 0.957. The molecule has 1 aromatic carbocycles. The van der Waals surface area contributed by atoms with Crippen LogP contribution in [0.15, 0.2) is 24.3 Å². The van der Waals surface area contributed by atoms with Crippen LogP contribution in [-0.2, 0) is 4.79 Å². The van der Waals surface area contributed by atoms with Gasteiger partial charge < -0.3 is 10.6 Å². The van der Waals surface area contributed by atoms with Crippen LogP contribution in [-0.4, -0.2) is 24.9 Å². The standard InChI is InChI=1S/C14H15ClN2O2S/c1-2-7-16-11(18)8-17-14(19)13-12(15)9-5-3-4-6-10(9)20-13/h3-6H,2,7-8H2,1H3,(H,16,18)(H,17,19). The SMILES string of the molecule is CCCNC(=O)CNC(=O)c1sc2ccccc2c1Cl. The molecule has 0 spiro atoms. The molecule has 0 aliphatic carbocycles. The van der Waals surface area contributed by atoms with Crippen molar-refractivity contribution in [2.24, 2.45) is 0 Å². The number of rotatable bonds is 5. The smallest absolute Gasteiger partial charge is 0.263 e. The summed E-state index contributed by atoms with van der Waals surface area (Å²) in [6.45, 7) is 2.54. The second-order valence-corrected chi connectivity index (χ2v) is 5.70. The third-order valence-electron chi connectivity index (χ3n) is 2.72. The molecule has 20 heavy (non-hydrogen) atoms. The lowest BCUT2D eigenvalue weighted by Crippen LogP contribution is -2.37. The molecule has 0 unspecified atom stereocenters. The first-order valence-corrected chi connectivity index (χ1v) is 7.55. The Hall–Kier alpha value is -1.59. The Morgan fingerprint density at radius 1 is 1.25 bits per heavy atom. The zero-order chi connectivity index (χ0) is 14.5. The molecule has 6 heteroatoms. The molecule has 2 N–H and O–H groups in total. The molecule has 2 amide bonds. The lowest BCUT2D eigenvalue weighted by atomic mass is 10.2. The summed E-state index contributed by atoms with van der Waals surface area (Å²) in [5.74, 6) is -0.514. The molecule has 0 bridgehead atoms. The van der Waals surface area contributed by atoms with Crippen LogP contribution in [0.1, 0.15) is 23.0 Å². The third-order valence-corrected chi connectivity index (χ3v) is 4.40. The minimum atomic E-state index is -0.317. The molecule has 0 fully saturated rings. The van der Waals surface area contributed by atoms with Gasteiger partial charge in [0, 0.05) is 16.6 Å². The maximum atomic E-state index is 12.0. The first-order valence-electron chi connectivity index (χ1n) is 6.35. The van der Waals surface area contributed by atoms with Crippen molar-refractivity contribution in [3.63, 3.8) is 0 Å². The minimum absolute atomic E-state index is 0.0383. The fraction of sp³-hybridized carbons (Fsp3) is 0.286. The van der Waals surface area contributed by atoms with E-state index in [1.807, 2.05) is 31.2 Å². The summed E-state index contributed by atoms with van der Waals surface area (Å²) in [5, 5.41) is 6.58. The van der Waals surface area contributed by atoms with E-state index in [2.05, 4.69) is 10.6 Å². The lowest BCUT2D eigenvalue weighted by Gasteiger charge is -2.05. The highest BCUT2D eigenvalue weighted by Crippen LogP contribution is 2.34. The summed E-state index contributed by atoms with van der Waals surface area (Å²) in [4.78, 5) is 23.9. The highest BCUT2D eigenvalue weighted by atomic mass is 35.5. The molecular weight excluding hydrogens is 296 g/mol. The third kappa shape index (κ3) is 3.29. The number of benzene rings is 1. The normalized spacial score (nSPS) is 10.5. The van der Waals surface area contributed by atoms with E-state index in [1.54, 1.807) is 0 Å². The van der Waals surface area contributed by atoms with Crippen molar-refractivity contribution in [1.82, 2.24) is 10.6 Å². The second-order valence-electron chi connectivity index (χ2n) is 4.27. The quantitative estimate of drug-likeness (QED) is 0.892. The van der Waals surface area contributed by atoms with Gasteiger partial charge in [-0.25, -0.2) is 0 Å². The Balaban J connectivity index is 2.04. The van der Waals surface area contributed by atoms with Gasteiger partial charge in [0.2, 0.25) is 5.91 Å². The largest absolute Gasteiger partial charge is 0.355 e. The number of carbonyl (C=O) groups is 2. The van der Waals surface area contributed by atoms with Gasteiger partial charge in [-0.2, -0.15) is 0 Å². The Morgan fingerprint density at radius 2 is 2.00 bits per heavy atom. The number of halogens is 1. The fourth-order valence-corrected chi connectivity index (χ4v) is 3.16. The zero-order valence-electron chi connectivity index (χ0n) is 11.0. The van der Waals surface area contributed by atoms with Gasteiger partial charge in [0.15, 0.2) is 0 Å². The van der Waals surface area contributed by atoms with Crippen LogP contribution >= 0.6 is 22.9 Å². The monoisotopic (exact) mass is 310 g/mol. The molecule has 0 saturated carbocycles. The molecule has 4 nitrogen and oxygen atoms in total. The molecule has 1 heterocycles. The molecule has 0 saturated heterocycles. The average Bonchev–Trinajstić information content (AvgIpc) is 2.80. The summed E-state index contributed by atoms with van der Waals surface area (Å²) in [7, 11) is 0. The van der Waals surface area contributed by atoms with Gasteiger partial charge in [-0.15, -0.1) is 11.3 Å². The number of fused-ring (bicyclic) bond motifs is 1. The van der Waals surface area contributed by atoms with Crippen LogP contribution in [0.2, 0.25) is 5.02 Å². The molecule has 106 valence electrons. The van der Waals surface area contributed by atoms with Crippen molar-refractivity contribution in [2.45, 2.75) is 13.3 Å². The summed E-state index contributed by atoms with van der Waals surface area (Å²) in [5.41, 5.74) is 0. The van der Waals surface area contributed by atoms with Gasteiger partial charge in [0.05, 0.1) is 11.6 Å². The van der Waals surface area contributed by atoms with Gasteiger partial charge >= 0.3 is 0 Å². The number of thiophene rings is 1. The Labute approximate surface area is 126 Å². The predicted molar refractivity (Wildman–Crippen MR) is 82.5 cm³/mol. The number of nitrogens with one attached hydrogen (secondary N) is 2. The Morgan fingerprint density at radius 3 is 2.70 bits per heavy atom. The number of hydrogen-bond donors (Lipinski definition) is 2. The summed E-state index contributed by atoms with van der Waals surface area (Å²) in [6.07, 6.45) is 0.863. The fourth-order valence-electron chi connectivity index (χ4n) is 1.73. The van der Waals surface area contributed by atoms with Gasteiger partial charge in [-0.05, 0) is 12.5 Å². The van der Waals surface area contributed by atoms with Gasteiger partial charge in [0.25, 0.3) is 5.91 Å². The number of hydrogen-bond acceptors (Lipinski definition) is 3. The molecule has 0 atom stereocenters. The van der Waals surface area contributed by atoms with Crippen LogP contribution in [0.25, 0.3) is 10.1 Å². The summed E-state index contributed by atoms with van der Waals surface area (Å²) in [6, 6.07) is 7.56. The number of amides is 2. The minimum Gasteiger partial charge on any atom is -0.355 e. The van der Waals surface area contributed by atoms with Gasteiger partial charge in [-0.1, -0.05) is 36.7 Å². The van der Waals surface area contributed by atoms with Crippen molar-refractivity contribution in [3.8, 4) is 0 Å². The first kappa shape index (κ1) is 14.8. The maximum Gasteiger partial charge on any atom is 0.263 e. The Bertz CT molecular complexity index is 639. The highest BCUT2D eigenvalue weighted by molar-refractivity contribution is 7.21.